The minimum absolute atomic E-state index is 0.375. The Bertz CT molecular complexity index is 58.7. The Hall–Kier alpha value is -0.570. The van der Waals surface area contributed by atoms with Crippen molar-refractivity contribution in [2.24, 2.45) is 0 Å². The molecule has 1 N–H and O–H groups in total. The van der Waals surface area contributed by atoms with E-state index in [9.17, 15) is 0 Å². The van der Waals surface area contributed by atoms with Crippen LogP contribution < -0.4 is 0 Å². The highest BCUT2D eigenvalue weighted by Gasteiger charge is 1.95. The summed E-state index contributed by atoms with van der Waals surface area (Å²) in [5.74, 6) is 0. The van der Waals surface area contributed by atoms with E-state index in [0.29, 0.717) is 6.47 Å². The summed E-state index contributed by atoms with van der Waals surface area (Å²) in [5.41, 5.74) is 0. The van der Waals surface area contributed by atoms with Gasteiger partial charge in [0.1, 0.15) is 0 Å². The summed E-state index contributed by atoms with van der Waals surface area (Å²) in [5, 5.41) is 7.00. The first-order valence-electron chi connectivity index (χ1n) is 4.33. The molecule has 3 nitrogen and oxygen atoms in total. The molecule has 0 unspecified atom stereocenters. The number of carbonyl (C=O) groups excluding carboxylic acids is 1. The smallest absolute Gasteiger partial charge is 0.292 e. The summed E-state index contributed by atoms with van der Waals surface area (Å²) in [4.78, 5) is 8.95. The van der Waals surface area contributed by atoms with Crippen LogP contribution in [-0.4, -0.2) is 25.8 Å². The van der Waals surface area contributed by atoms with Crippen LogP contribution in [0.3, 0.4) is 0 Å². The standard InChI is InChI=1S/C6H12.C2H4O2.CH4O/c1-2-4-6-5-3-1;1-4-2-3;1-2/h1-6H2;2H,1H3;2H,1H3. The summed E-state index contributed by atoms with van der Waals surface area (Å²) in [6, 6.07) is 0. The number of aliphatic hydroxyl groups is 1. The fourth-order valence-electron chi connectivity index (χ4n) is 1.06. The summed E-state index contributed by atoms with van der Waals surface area (Å²) < 4.78 is 3.86. The maximum absolute atomic E-state index is 8.95. The maximum atomic E-state index is 8.95. The number of ether oxygens (including phenoxy) is 1. The van der Waals surface area contributed by atoms with Crippen LogP contribution in [0.15, 0.2) is 0 Å². The molecule has 1 saturated carbocycles. The molecule has 0 bridgehead atoms. The summed E-state index contributed by atoms with van der Waals surface area (Å²) in [6.07, 6.45) is 9.00. The fraction of sp³-hybridized carbons (Fsp3) is 0.889. The zero-order valence-corrected chi connectivity index (χ0v) is 8.08. The minimum Gasteiger partial charge on any atom is -0.471 e. The second kappa shape index (κ2) is 16.8. The van der Waals surface area contributed by atoms with Crippen molar-refractivity contribution in [3.05, 3.63) is 0 Å². The molecule has 0 radical (unpaired) electrons. The van der Waals surface area contributed by atoms with E-state index >= 15 is 0 Å². The van der Waals surface area contributed by atoms with Gasteiger partial charge in [-0.25, -0.2) is 0 Å². The Labute approximate surface area is 74.7 Å². The van der Waals surface area contributed by atoms with Crippen molar-refractivity contribution in [2.75, 3.05) is 14.2 Å². The van der Waals surface area contributed by atoms with Gasteiger partial charge in [0.25, 0.3) is 6.47 Å². The van der Waals surface area contributed by atoms with E-state index in [1.165, 1.54) is 45.6 Å². The predicted octanol–water partition coefficient (Wildman–Crippen LogP) is 1.74. The topological polar surface area (TPSA) is 46.5 Å². The molecular formula is C9H20O3. The molecule has 1 aliphatic rings. The zero-order valence-electron chi connectivity index (χ0n) is 8.08. The van der Waals surface area contributed by atoms with Crippen molar-refractivity contribution in [1.82, 2.24) is 0 Å². The Kier molecular flexibility index (Phi) is 19.6. The third-order valence-electron chi connectivity index (χ3n) is 1.60. The van der Waals surface area contributed by atoms with E-state index in [1.807, 2.05) is 0 Å². The summed E-state index contributed by atoms with van der Waals surface area (Å²) >= 11 is 0. The number of carbonyl (C=O) groups is 1. The van der Waals surface area contributed by atoms with Gasteiger partial charge < -0.3 is 9.84 Å². The number of aliphatic hydroxyl groups excluding tert-OH is 1. The van der Waals surface area contributed by atoms with Gasteiger partial charge in [0.15, 0.2) is 0 Å². The molecule has 0 aromatic carbocycles. The number of hydrogen-bond donors (Lipinski definition) is 1. The van der Waals surface area contributed by atoms with E-state index in [0.717, 1.165) is 7.11 Å². The lowest BCUT2D eigenvalue weighted by atomic mass is 10.0. The Morgan fingerprint density at radius 2 is 1.17 bits per heavy atom. The molecule has 0 heterocycles. The van der Waals surface area contributed by atoms with Crippen LogP contribution >= 0.6 is 0 Å². The highest BCUT2D eigenvalue weighted by atomic mass is 16.5. The molecule has 1 fully saturated rings. The normalized spacial score (nSPS) is 14.2. The quantitative estimate of drug-likeness (QED) is 0.619. The molecule has 74 valence electrons. The molecule has 0 spiro atoms. The molecule has 1 aliphatic carbocycles. The van der Waals surface area contributed by atoms with E-state index in [-0.39, 0.29) is 0 Å². The van der Waals surface area contributed by atoms with Crippen molar-refractivity contribution in [1.29, 1.82) is 0 Å². The average Bonchev–Trinajstić information content (AvgIpc) is 2.24. The van der Waals surface area contributed by atoms with Crippen molar-refractivity contribution in [3.8, 4) is 0 Å². The number of rotatable bonds is 1. The second-order valence-electron chi connectivity index (χ2n) is 2.45. The lowest BCUT2D eigenvalue weighted by molar-refractivity contribution is -0.126. The molecule has 0 aromatic heterocycles. The third-order valence-corrected chi connectivity index (χ3v) is 1.60. The first kappa shape index (κ1) is 14.0. The molecule has 0 saturated heterocycles. The van der Waals surface area contributed by atoms with Crippen molar-refractivity contribution >= 4 is 6.47 Å². The predicted molar refractivity (Wildman–Crippen MR) is 48.9 cm³/mol. The van der Waals surface area contributed by atoms with E-state index in [1.54, 1.807) is 0 Å². The molecule has 0 atom stereocenters. The van der Waals surface area contributed by atoms with E-state index in [4.69, 9.17) is 9.90 Å². The van der Waals surface area contributed by atoms with Gasteiger partial charge >= 0.3 is 0 Å². The van der Waals surface area contributed by atoms with Gasteiger partial charge in [-0.3, -0.25) is 4.79 Å². The van der Waals surface area contributed by atoms with E-state index in [2.05, 4.69) is 4.74 Å². The second-order valence-corrected chi connectivity index (χ2v) is 2.45. The largest absolute Gasteiger partial charge is 0.471 e. The van der Waals surface area contributed by atoms with Crippen molar-refractivity contribution in [3.63, 3.8) is 0 Å². The van der Waals surface area contributed by atoms with Crippen LogP contribution in [-0.2, 0) is 9.53 Å². The van der Waals surface area contributed by atoms with Gasteiger partial charge in [0.05, 0.1) is 7.11 Å². The molecular weight excluding hydrogens is 156 g/mol. The highest BCUT2D eigenvalue weighted by Crippen LogP contribution is 2.15. The molecule has 0 aromatic rings. The van der Waals surface area contributed by atoms with Crippen LogP contribution in [0.1, 0.15) is 38.5 Å². The average molecular weight is 176 g/mol. The van der Waals surface area contributed by atoms with Gasteiger partial charge in [-0.1, -0.05) is 38.5 Å². The summed E-state index contributed by atoms with van der Waals surface area (Å²) in [7, 11) is 2.31. The first-order valence-corrected chi connectivity index (χ1v) is 4.33. The van der Waals surface area contributed by atoms with Gasteiger partial charge in [-0.15, -0.1) is 0 Å². The molecule has 0 amide bonds. The van der Waals surface area contributed by atoms with Crippen LogP contribution in [0.4, 0.5) is 0 Å². The first-order chi connectivity index (χ1) is 5.91. The SMILES string of the molecule is C1CCCCC1.CO.COC=O. The van der Waals surface area contributed by atoms with Gasteiger partial charge in [0, 0.05) is 7.11 Å². The Morgan fingerprint density at radius 1 is 1.00 bits per heavy atom. The van der Waals surface area contributed by atoms with Crippen LogP contribution in [0, 0.1) is 0 Å². The van der Waals surface area contributed by atoms with Crippen molar-refractivity contribution < 1.29 is 14.6 Å². The van der Waals surface area contributed by atoms with Gasteiger partial charge in [-0.2, -0.15) is 0 Å². The molecule has 1 rings (SSSR count). The number of hydrogen-bond acceptors (Lipinski definition) is 3. The molecule has 12 heavy (non-hydrogen) atoms. The van der Waals surface area contributed by atoms with Crippen LogP contribution in [0.2, 0.25) is 0 Å². The van der Waals surface area contributed by atoms with Gasteiger partial charge in [-0.05, 0) is 0 Å². The van der Waals surface area contributed by atoms with Crippen molar-refractivity contribution in [2.45, 2.75) is 38.5 Å². The Morgan fingerprint density at radius 3 is 1.25 bits per heavy atom. The van der Waals surface area contributed by atoms with E-state index < -0.39 is 0 Å². The molecule has 3 heteroatoms. The zero-order chi connectivity index (χ0) is 9.66. The highest BCUT2D eigenvalue weighted by molar-refractivity contribution is 5.36. The monoisotopic (exact) mass is 176 g/mol. The van der Waals surface area contributed by atoms with Crippen LogP contribution in [0.25, 0.3) is 0 Å². The maximum Gasteiger partial charge on any atom is 0.292 e. The van der Waals surface area contributed by atoms with Gasteiger partial charge in [0.2, 0.25) is 0 Å². The van der Waals surface area contributed by atoms with Crippen LogP contribution in [0.5, 0.6) is 0 Å². The minimum atomic E-state index is 0.375. The lowest BCUT2D eigenvalue weighted by Gasteiger charge is -2.05. The molecule has 0 aliphatic heterocycles. The fourth-order valence-corrected chi connectivity index (χ4v) is 1.06. The third kappa shape index (κ3) is 16.2. The Balaban J connectivity index is 0. The lowest BCUT2D eigenvalue weighted by Crippen LogP contribution is -1.85. The number of methoxy groups -OCH3 is 1. The summed E-state index contributed by atoms with van der Waals surface area (Å²) in [6.45, 7) is 0.375.